The molecule has 2 rings (SSSR count). The molecule has 148 valence electrons. The van der Waals surface area contributed by atoms with Gasteiger partial charge in [0.1, 0.15) is 6.10 Å². The molecule has 3 heteroatoms. The molecule has 0 aliphatic heterocycles. The number of esters is 1. The Morgan fingerprint density at radius 1 is 0.963 bits per heavy atom. The van der Waals surface area contributed by atoms with Crippen molar-refractivity contribution in [1.82, 2.24) is 0 Å². The molecule has 0 saturated heterocycles. The van der Waals surface area contributed by atoms with E-state index in [1.54, 1.807) is 7.11 Å². The van der Waals surface area contributed by atoms with Gasteiger partial charge in [-0.05, 0) is 37.0 Å². The van der Waals surface area contributed by atoms with Crippen LogP contribution in [0, 0.1) is 0 Å². The van der Waals surface area contributed by atoms with Crippen LogP contribution < -0.4 is 0 Å². The van der Waals surface area contributed by atoms with Crippen molar-refractivity contribution in [2.45, 2.75) is 77.4 Å². The number of hydrogen-bond donors (Lipinski definition) is 0. The van der Waals surface area contributed by atoms with Gasteiger partial charge >= 0.3 is 5.97 Å². The number of unbranched alkanes of at least 4 members (excludes halogenated alkanes) is 3. The zero-order valence-corrected chi connectivity index (χ0v) is 17.3. The van der Waals surface area contributed by atoms with Gasteiger partial charge in [0.05, 0.1) is 0 Å². The van der Waals surface area contributed by atoms with Gasteiger partial charge in [-0.1, -0.05) is 82.0 Å². The van der Waals surface area contributed by atoms with Crippen LogP contribution in [0.3, 0.4) is 0 Å². The lowest BCUT2D eigenvalue weighted by Gasteiger charge is -2.30. The Balaban J connectivity index is 2.25. The van der Waals surface area contributed by atoms with Crippen LogP contribution in [0.5, 0.6) is 0 Å². The Morgan fingerprint density at radius 2 is 1.63 bits per heavy atom. The number of ether oxygens (including phenoxy) is 2. The summed E-state index contributed by atoms with van der Waals surface area (Å²) in [6, 6.07) is 14.1. The first-order valence-corrected chi connectivity index (χ1v) is 10.3. The highest BCUT2D eigenvalue weighted by molar-refractivity contribution is 5.92. The first-order valence-electron chi connectivity index (χ1n) is 10.3. The minimum Gasteiger partial charge on any atom is -0.460 e. The molecular formula is C24H34O3. The molecule has 0 unspecified atom stereocenters. The SMILES string of the molecule is CCCCC[C@@H](CCCC)OC(=O)[C@@](C)(OC)c1cccc2ccccc12. The lowest BCUT2D eigenvalue weighted by atomic mass is 9.90. The van der Waals surface area contributed by atoms with Crippen LogP contribution in [0.15, 0.2) is 42.5 Å². The second-order valence-electron chi connectivity index (χ2n) is 7.43. The summed E-state index contributed by atoms with van der Waals surface area (Å²) in [7, 11) is 1.58. The fourth-order valence-corrected chi connectivity index (χ4v) is 3.52. The standard InChI is InChI=1S/C24H34O3/c1-5-7-9-16-20(15-8-6-2)27-23(25)24(3,26-4)22-18-12-14-19-13-10-11-17-21(19)22/h10-14,17-18,20H,5-9,15-16H2,1-4H3/t20-,24+/m1/s1. The molecular weight excluding hydrogens is 336 g/mol. The second kappa shape index (κ2) is 10.5. The topological polar surface area (TPSA) is 35.5 Å². The molecule has 27 heavy (non-hydrogen) atoms. The average molecular weight is 371 g/mol. The van der Waals surface area contributed by atoms with E-state index in [0.717, 1.165) is 48.4 Å². The van der Waals surface area contributed by atoms with E-state index in [0.29, 0.717) is 0 Å². The highest BCUT2D eigenvalue weighted by atomic mass is 16.6. The van der Waals surface area contributed by atoms with Gasteiger partial charge in [-0.2, -0.15) is 0 Å². The minimum atomic E-state index is -1.11. The normalized spacial score (nSPS) is 14.7. The maximum atomic E-state index is 13.2. The Labute approximate surface area is 164 Å². The largest absolute Gasteiger partial charge is 0.460 e. The highest BCUT2D eigenvalue weighted by Gasteiger charge is 2.39. The summed E-state index contributed by atoms with van der Waals surface area (Å²) in [5.74, 6) is -0.293. The molecule has 0 heterocycles. The molecule has 0 aliphatic carbocycles. The number of rotatable bonds is 11. The summed E-state index contributed by atoms with van der Waals surface area (Å²) in [5, 5.41) is 2.12. The van der Waals surface area contributed by atoms with Gasteiger partial charge in [-0.3, -0.25) is 0 Å². The van der Waals surface area contributed by atoms with Crippen molar-refractivity contribution >= 4 is 16.7 Å². The molecule has 3 nitrogen and oxygen atoms in total. The Kier molecular flexibility index (Phi) is 8.30. The molecule has 0 aromatic heterocycles. The maximum absolute atomic E-state index is 13.2. The van der Waals surface area contributed by atoms with Crippen molar-refractivity contribution in [3.63, 3.8) is 0 Å². The van der Waals surface area contributed by atoms with E-state index in [2.05, 4.69) is 26.0 Å². The van der Waals surface area contributed by atoms with Crippen molar-refractivity contribution in [1.29, 1.82) is 0 Å². The minimum absolute atomic E-state index is 0.0338. The zero-order valence-electron chi connectivity index (χ0n) is 17.3. The summed E-state index contributed by atoms with van der Waals surface area (Å²) in [6.45, 7) is 6.18. The number of hydrogen-bond acceptors (Lipinski definition) is 3. The van der Waals surface area contributed by atoms with E-state index in [9.17, 15) is 4.79 Å². The summed E-state index contributed by atoms with van der Waals surface area (Å²) >= 11 is 0. The van der Waals surface area contributed by atoms with Crippen molar-refractivity contribution in [2.24, 2.45) is 0 Å². The van der Waals surface area contributed by atoms with Crippen molar-refractivity contribution in [3.05, 3.63) is 48.0 Å². The third-order valence-electron chi connectivity index (χ3n) is 5.38. The maximum Gasteiger partial charge on any atom is 0.343 e. The predicted octanol–water partition coefficient (Wildman–Crippen LogP) is 6.38. The van der Waals surface area contributed by atoms with E-state index in [1.165, 1.54) is 12.8 Å². The predicted molar refractivity (Wildman–Crippen MR) is 112 cm³/mol. The molecule has 2 aromatic carbocycles. The summed E-state index contributed by atoms with van der Waals surface area (Å²) < 4.78 is 11.7. The molecule has 2 aromatic rings. The molecule has 0 aliphatic rings. The number of fused-ring (bicyclic) bond motifs is 1. The van der Waals surface area contributed by atoms with Gasteiger partial charge in [0.15, 0.2) is 5.60 Å². The van der Waals surface area contributed by atoms with Crippen molar-refractivity contribution in [3.8, 4) is 0 Å². The van der Waals surface area contributed by atoms with Crippen LogP contribution in [-0.2, 0) is 19.9 Å². The van der Waals surface area contributed by atoms with Gasteiger partial charge in [-0.15, -0.1) is 0 Å². The molecule has 0 bridgehead atoms. The fourth-order valence-electron chi connectivity index (χ4n) is 3.52. The Hall–Kier alpha value is -1.87. The Morgan fingerprint density at radius 3 is 2.33 bits per heavy atom. The molecule has 0 N–H and O–H groups in total. The summed E-state index contributed by atoms with van der Waals surface area (Å²) in [5.41, 5.74) is -0.258. The van der Waals surface area contributed by atoms with Gasteiger partial charge in [-0.25, -0.2) is 4.79 Å². The number of carbonyl (C=O) groups excluding carboxylic acids is 1. The van der Waals surface area contributed by atoms with Gasteiger partial charge < -0.3 is 9.47 Å². The van der Waals surface area contributed by atoms with E-state index in [4.69, 9.17) is 9.47 Å². The van der Waals surface area contributed by atoms with Gasteiger partial charge in [0, 0.05) is 12.7 Å². The van der Waals surface area contributed by atoms with Crippen LogP contribution in [0.1, 0.15) is 71.3 Å². The number of carbonyl (C=O) groups is 1. The van der Waals surface area contributed by atoms with Crippen LogP contribution in [0.2, 0.25) is 0 Å². The van der Waals surface area contributed by atoms with E-state index >= 15 is 0 Å². The quantitative estimate of drug-likeness (QED) is 0.340. The zero-order chi connectivity index (χ0) is 19.7. The van der Waals surface area contributed by atoms with E-state index in [1.807, 2.05) is 37.3 Å². The van der Waals surface area contributed by atoms with Gasteiger partial charge in [0.25, 0.3) is 0 Å². The van der Waals surface area contributed by atoms with Crippen LogP contribution in [0.4, 0.5) is 0 Å². The molecule has 0 saturated carbocycles. The van der Waals surface area contributed by atoms with Crippen LogP contribution in [0.25, 0.3) is 10.8 Å². The molecule has 0 amide bonds. The highest BCUT2D eigenvalue weighted by Crippen LogP contribution is 2.33. The fraction of sp³-hybridized carbons (Fsp3) is 0.542. The Bertz CT molecular complexity index is 719. The lowest BCUT2D eigenvalue weighted by molar-refractivity contribution is -0.174. The monoisotopic (exact) mass is 370 g/mol. The first-order chi connectivity index (χ1) is 13.1. The smallest absolute Gasteiger partial charge is 0.343 e. The van der Waals surface area contributed by atoms with Gasteiger partial charge in [0.2, 0.25) is 0 Å². The third kappa shape index (κ3) is 5.32. The summed E-state index contributed by atoms with van der Waals surface area (Å²) in [4.78, 5) is 13.2. The lowest BCUT2D eigenvalue weighted by Crippen LogP contribution is -2.38. The third-order valence-corrected chi connectivity index (χ3v) is 5.38. The molecule has 0 spiro atoms. The molecule has 2 atom stereocenters. The summed E-state index contributed by atoms with van der Waals surface area (Å²) in [6.07, 6.45) is 7.42. The number of methoxy groups -OCH3 is 1. The van der Waals surface area contributed by atoms with Crippen LogP contribution >= 0.6 is 0 Å². The van der Waals surface area contributed by atoms with Crippen LogP contribution in [-0.4, -0.2) is 19.2 Å². The van der Waals surface area contributed by atoms with E-state index < -0.39 is 5.60 Å². The van der Waals surface area contributed by atoms with Crippen molar-refractivity contribution < 1.29 is 14.3 Å². The van der Waals surface area contributed by atoms with E-state index in [-0.39, 0.29) is 12.1 Å². The first kappa shape index (κ1) is 21.4. The number of benzene rings is 2. The second-order valence-corrected chi connectivity index (χ2v) is 7.43. The van der Waals surface area contributed by atoms with Crippen molar-refractivity contribution in [2.75, 3.05) is 7.11 Å². The average Bonchev–Trinajstić information content (AvgIpc) is 2.70. The molecule has 0 fully saturated rings. The molecule has 0 radical (unpaired) electrons.